The highest BCUT2D eigenvalue weighted by Gasteiger charge is 2.11. The van der Waals surface area contributed by atoms with Crippen LogP contribution in [0.3, 0.4) is 0 Å². The van der Waals surface area contributed by atoms with Gasteiger partial charge in [-0.05, 0) is 33.4 Å². The molecule has 1 heterocycles. The molecule has 20 heavy (non-hydrogen) atoms. The first-order chi connectivity index (χ1) is 9.70. The fourth-order valence-corrected chi connectivity index (χ4v) is 2.35. The number of hydrogen-bond acceptors (Lipinski definition) is 4. The number of fused-ring (bicyclic) bond motifs is 1. The van der Waals surface area contributed by atoms with Crippen LogP contribution in [0.4, 0.5) is 5.82 Å². The largest absolute Gasteiger partial charge is 0.496 e. The van der Waals surface area contributed by atoms with E-state index in [4.69, 9.17) is 10.5 Å². The van der Waals surface area contributed by atoms with E-state index in [1.54, 1.807) is 13.3 Å². The topological polar surface area (TPSA) is 61.0 Å². The van der Waals surface area contributed by atoms with Gasteiger partial charge in [-0.3, -0.25) is 0 Å². The second kappa shape index (κ2) is 5.09. The van der Waals surface area contributed by atoms with Crippen LogP contribution in [0.25, 0.3) is 22.2 Å². The molecule has 0 aliphatic heterocycles. The van der Waals surface area contributed by atoms with Crippen molar-refractivity contribution in [1.82, 2.24) is 9.97 Å². The molecule has 0 unspecified atom stereocenters. The summed E-state index contributed by atoms with van der Waals surface area (Å²) in [4.78, 5) is 8.66. The predicted octanol–water partition coefficient (Wildman–Crippen LogP) is 3.65. The van der Waals surface area contributed by atoms with E-state index in [0.717, 1.165) is 22.1 Å². The summed E-state index contributed by atoms with van der Waals surface area (Å²) in [6.45, 7) is 0. The first-order valence-electron chi connectivity index (χ1n) is 6.05. The van der Waals surface area contributed by atoms with Crippen LogP contribution in [0.1, 0.15) is 0 Å². The SMILES string of the molecule is COc1ccc(-c2ncc(Br)c(N)n2)c2ccccc12. The summed E-state index contributed by atoms with van der Waals surface area (Å²) < 4.78 is 6.08. The molecule has 100 valence electrons. The predicted molar refractivity (Wildman–Crippen MR) is 83.6 cm³/mol. The quantitative estimate of drug-likeness (QED) is 0.779. The molecule has 2 aromatic carbocycles. The number of nitrogens with two attached hydrogens (primary N) is 1. The number of nitrogens with zero attached hydrogens (tertiary/aromatic N) is 2. The van der Waals surface area contributed by atoms with Crippen LogP contribution >= 0.6 is 15.9 Å². The van der Waals surface area contributed by atoms with Crippen molar-refractivity contribution in [2.45, 2.75) is 0 Å². The van der Waals surface area contributed by atoms with Gasteiger partial charge in [0.2, 0.25) is 0 Å². The Kier molecular flexibility index (Phi) is 3.28. The van der Waals surface area contributed by atoms with Crippen LogP contribution in [-0.4, -0.2) is 17.1 Å². The van der Waals surface area contributed by atoms with Gasteiger partial charge in [0.25, 0.3) is 0 Å². The summed E-state index contributed by atoms with van der Waals surface area (Å²) in [5, 5.41) is 2.06. The van der Waals surface area contributed by atoms with E-state index in [0.29, 0.717) is 16.1 Å². The van der Waals surface area contributed by atoms with Gasteiger partial charge < -0.3 is 10.5 Å². The van der Waals surface area contributed by atoms with E-state index >= 15 is 0 Å². The molecule has 1 aromatic heterocycles. The lowest BCUT2D eigenvalue weighted by molar-refractivity contribution is 0.420. The van der Waals surface area contributed by atoms with Crippen molar-refractivity contribution in [3.8, 4) is 17.1 Å². The van der Waals surface area contributed by atoms with Crippen LogP contribution in [-0.2, 0) is 0 Å². The van der Waals surface area contributed by atoms with E-state index in [1.807, 2.05) is 36.4 Å². The van der Waals surface area contributed by atoms with Gasteiger partial charge in [0.15, 0.2) is 5.82 Å². The number of anilines is 1. The average Bonchev–Trinajstić information content (AvgIpc) is 2.49. The molecular weight excluding hydrogens is 318 g/mol. The normalized spacial score (nSPS) is 10.7. The molecule has 3 rings (SSSR count). The zero-order chi connectivity index (χ0) is 14.1. The van der Waals surface area contributed by atoms with Crippen molar-refractivity contribution in [3.63, 3.8) is 0 Å². The number of methoxy groups -OCH3 is 1. The molecule has 5 heteroatoms. The molecule has 0 saturated carbocycles. The first-order valence-corrected chi connectivity index (χ1v) is 6.84. The molecule has 0 bridgehead atoms. The standard InChI is InChI=1S/C15H12BrN3O/c1-20-13-7-6-11(9-4-2-3-5-10(9)13)15-18-8-12(16)14(17)19-15/h2-8H,1H3,(H2,17,18,19). The molecule has 2 N–H and O–H groups in total. The Balaban J connectivity index is 2.29. The second-order valence-electron chi connectivity index (χ2n) is 4.29. The lowest BCUT2D eigenvalue weighted by atomic mass is 10.0. The maximum atomic E-state index is 5.84. The number of rotatable bonds is 2. The molecule has 0 spiro atoms. The third-order valence-electron chi connectivity index (χ3n) is 3.12. The van der Waals surface area contributed by atoms with Gasteiger partial charge in [-0.2, -0.15) is 0 Å². The highest BCUT2D eigenvalue weighted by Crippen LogP contribution is 2.33. The summed E-state index contributed by atoms with van der Waals surface area (Å²) in [6, 6.07) is 11.9. The lowest BCUT2D eigenvalue weighted by Gasteiger charge is -2.10. The number of hydrogen-bond donors (Lipinski definition) is 1. The van der Waals surface area contributed by atoms with E-state index in [-0.39, 0.29) is 0 Å². The van der Waals surface area contributed by atoms with E-state index < -0.39 is 0 Å². The smallest absolute Gasteiger partial charge is 0.162 e. The summed E-state index contributed by atoms with van der Waals surface area (Å²) in [6.07, 6.45) is 1.66. The fraction of sp³-hybridized carbons (Fsp3) is 0.0667. The van der Waals surface area contributed by atoms with Gasteiger partial charge in [-0.25, -0.2) is 9.97 Å². The van der Waals surface area contributed by atoms with Crippen molar-refractivity contribution in [2.75, 3.05) is 12.8 Å². The molecule has 0 radical (unpaired) electrons. The molecule has 0 fully saturated rings. The molecular formula is C15H12BrN3O. The third kappa shape index (κ3) is 2.10. The summed E-state index contributed by atoms with van der Waals surface area (Å²) in [7, 11) is 1.66. The zero-order valence-corrected chi connectivity index (χ0v) is 12.4. The van der Waals surface area contributed by atoms with E-state index in [9.17, 15) is 0 Å². The van der Waals surface area contributed by atoms with E-state index in [2.05, 4.69) is 25.9 Å². The van der Waals surface area contributed by atoms with Gasteiger partial charge in [0.1, 0.15) is 11.6 Å². The highest BCUT2D eigenvalue weighted by atomic mass is 79.9. The Morgan fingerprint density at radius 1 is 1.10 bits per heavy atom. The molecule has 0 aliphatic carbocycles. The summed E-state index contributed by atoms with van der Waals surface area (Å²) in [5.41, 5.74) is 6.77. The number of ether oxygens (including phenoxy) is 1. The monoisotopic (exact) mass is 329 g/mol. The molecule has 4 nitrogen and oxygen atoms in total. The lowest BCUT2D eigenvalue weighted by Crippen LogP contribution is -1.97. The van der Waals surface area contributed by atoms with Gasteiger partial charge in [-0.15, -0.1) is 0 Å². The third-order valence-corrected chi connectivity index (χ3v) is 3.73. The van der Waals surface area contributed by atoms with Crippen molar-refractivity contribution in [1.29, 1.82) is 0 Å². The number of halogens is 1. The zero-order valence-electron chi connectivity index (χ0n) is 10.8. The number of aromatic nitrogens is 2. The Morgan fingerprint density at radius 2 is 1.85 bits per heavy atom. The Morgan fingerprint density at radius 3 is 2.55 bits per heavy atom. The average molecular weight is 330 g/mol. The summed E-state index contributed by atoms with van der Waals surface area (Å²) in [5.74, 6) is 1.86. The van der Waals surface area contributed by atoms with Gasteiger partial charge >= 0.3 is 0 Å². The molecule has 0 atom stereocenters. The van der Waals surface area contributed by atoms with Gasteiger partial charge in [0.05, 0.1) is 11.6 Å². The Bertz CT molecular complexity index is 789. The maximum Gasteiger partial charge on any atom is 0.162 e. The number of nitrogen functional groups attached to an aromatic ring is 1. The van der Waals surface area contributed by atoms with E-state index in [1.165, 1.54) is 0 Å². The van der Waals surface area contributed by atoms with Crippen molar-refractivity contribution in [3.05, 3.63) is 47.1 Å². The Hall–Kier alpha value is -2.14. The minimum Gasteiger partial charge on any atom is -0.496 e. The Labute approximate surface area is 124 Å². The first kappa shape index (κ1) is 12.9. The molecule has 0 amide bonds. The van der Waals surface area contributed by atoms with Gasteiger partial charge in [-0.1, -0.05) is 24.3 Å². The van der Waals surface area contributed by atoms with Crippen LogP contribution in [0.5, 0.6) is 5.75 Å². The van der Waals surface area contributed by atoms with Crippen molar-refractivity contribution >= 4 is 32.5 Å². The van der Waals surface area contributed by atoms with Crippen molar-refractivity contribution in [2.24, 2.45) is 0 Å². The highest BCUT2D eigenvalue weighted by molar-refractivity contribution is 9.10. The minimum absolute atomic E-state index is 0.426. The molecule has 0 aliphatic rings. The van der Waals surface area contributed by atoms with Gasteiger partial charge in [0, 0.05) is 17.1 Å². The minimum atomic E-state index is 0.426. The second-order valence-corrected chi connectivity index (χ2v) is 5.14. The fourth-order valence-electron chi connectivity index (χ4n) is 2.15. The van der Waals surface area contributed by atoms with Crippen LogP contribution in [0.2, 0.25) is 0 Å². The number of benzene rings is 2. The molecule has 0 saturated heterocycles. The van der Waals surface area contributed by atoms with Crippen LogP contribution in [0.15, 0.2) is 47.1 Å². The molecule has 3 aromatic rings. The van der Waals surface area contributed by atoms with Crippen LogP contribution in [0, 0.1) is 0 Å². The van der Waals surface area contributed by atoms with Crippen LogP contribution < -0.4 is 10.5 Å². The summed E-state index contributed by atoms with van der Waals surface area (Å²) >= 11 is 3.30. The van der Waals surface area contributed by atoms with Crippen molar-refractivity contribution < 1.29 is 4.74 Å². The maximum absolute atomic E-state index is 5.84.